The normalized spacial score (nSPS) is 43.1. The molecule has 2 rings (SSSR count). The molecule has 1 unspecified atom stereocenters. The molecule has 16 heavy (non-hydrogen) atoms. The molecule has 0 aromatic rings. The highest BCUT2D eigenvalue weighted by Gasteiger charge is 2.55. The smallest absolute Gasteiger partial charge is 0.266 e. The van der Waals surface area contributed by atoms with Gasteiger partial charge in [-0.05, 0) is 0 Å². The summed E-state index contributed by atoms with van der Waals surface area (Å²) in [5.41, 5.74) is -0.595. The van der Waals surface area contributed by atoms with Crippen LogP contribution < -0.4 is 0 Å². The van der Waals surface area contributed by atoms with Crippen molar-refractivity contribution < 1.29 is 4.79 Å². The van der Waals surface area contributed by atoms with Gasteiger partial charge in [0.25, 0.3) is 5.91 Å². The molecule has 1 aliphatic heterocycles. The molecule has 0 saturated carbocycles. The summed E-state index contributed by atoms with van der Waals surface area (Å²) in [6.45, 7) is 0. The number of allylic oxidation sites excluding steroid dienone is 1. The Morgan fingerprint density at radius 2 is 2.06 bits per heavy atom. The molecule has 0 aromatic carbocycles. The van der Waals surface area contributed by atoms with Gasteiger partial charge in [-0.2, -0.15) is 0 Å². The molecule has 3 nitrogen and oxygen atoms in total. The van der Waals surface area contributed by atoms with E-state index in [1.807, 2.05) is 6.08 Å². The molecule has 7 heteroatoms. The number of carbonyl (C=O) groups excluding carboxylic acids is 1. The number of alkyl halides is 3. The quantitative estimate of drug-likeness (QED) is 0.492. The Balaban J connectivity index is 2.49. The van der Waals surface area contributed by atoms with Crippen LogP contribution in [-0.2, 0) is 4.79 Å². The third-order valence-corrected chi connectivity index (χ3v) is 8.13. The molecular weight excluding hydrogens is 472 g/mol. The summed E-state index contributed by atoms with van der Waals surface area (Å²) < 4.78 is 1.05. The highest BCUT2D eigenvalue weighted by Crippen LogP contribution is 2.47. The standard InChI is InChI=1S/C9H8Br4N2O/c1-15-6(16)3-14-9(15)5(11)2-4(10)7(12)8(9)13/h2-3,5,7-8H,1H3/t5-,7-,8+,9?/m1/s1. The zero-order chi connectivity index (χ0) is 12.1. The first kappa shape index (κ1) is 13.2. The van der Waals surface area contributed by atoms with Gasteiger partial charge in [0, 0.05) is 11.5 Å². The van der Waals surface area contributed by atoms with E-state index in [1.165, 1.54) is 6.21 Å². The molecule has 1 aliphatic carbocycles. The molecule has 1 heterocycles. The van der Waals surface area contributed by atoms with E-state index < -0.39 is 5.66 Å². The van der Waals surface area contributed by atoms with Gasteiger partial charge in [-0.1, -0.05) is 69.8 Å². The van der Waals surface area contributed by atoms with Gasteiger partial charge < -0.3 is 4.90 Å². The number of hydrogen-bond donors (Lipinski definition) is 0. The summed E-state index contributed by atoms with van der Waals surface area (Å²) in [6.07, 6.45) is 3.40. The highest BCUT2D eigenvalue weighted by molar-refractivity contribution is 9.15. The number of carbonyl (C=O) groups is 1. The lowest BCUT2D eigenvalue weighted by Gasteiger charge is -2.45. The third-order valence-electron chi connectivity index (χ3n) is 2.89. The molecule has 0 N–H and O–H groups in total. The summed E-state index contributed by atoms with van der Waals surface area (Å²) in [7, 11) is 1.77. The van der Waals surface area contributed by atoms with Crippen LogP contribution in [0, 0.1) is 0 Å². The van der Waals surface area contributed by atoms with E-state index in [1.54, 1.807) is 11.9 Å². The second kappa shape index (κ2) is 4.48. The van der Waals surface area contributed by atoms with Gasteiger partial charge in [0.15, 0.2) is 5.66 Å². The van der Waals surface area contributed by atoms with Crippen molar-refractivity contribution in [1.29, 1.82) is 0 Å². The number of hydrogen-bond acceptors (Lipinski definition) is 2. The average Bonchev–Trinajstić information content (AvgIpc) is 2.53. The lowest BCUT2D eigenvalue weighted by molar-refractivity contribution is -0.125. The third kappa shape index (κ3) is 1.69. The zero-order valence-electron chi connectivity index (χ0n) is 8.20. The fraction of sp³-hybridized carbons (Fsp3) is 0.556. The first-order chi connectivity index (χ1) is 7.41. The first-order valence-corrected chi connectivity index (χ1v) is 8.07. The van der Waals surface area contributed by atoms with E-state index in [0.717, 1.165) is 4.48 Å². The van der Waals surface area contributed by atoms with Crippen LogP contribution in [0.2, 0.25) is 0 Å². The van der Waals surface area contributed by atoms with Crippen LogP contribution in [0.15, 0.2) is 15.6 Å². The summed E-state index contributed by atoms with van der Waals surface area (Å²) >= 11 is 14.3. The maximum Gasteiger partial charge on any atom is 0.266 e. The Bertz CT molecular complexity index is 397. The van der Waals surface area contributed by atoms with Gasteiger partial charge in [0.05, 0.1) is 20.7 Å². The SMILES string of the molecule is CN1C(=O)C=NC12[C@H](Br)C=C(Br)[C@@H](Br)[C@@H]2Br. The number of halogens is 4. The Morgan fingerprint density at radius 1 is 1.44 bits per heavy atom. The summed E-state index contributed by atoms with van der Waals surface area (Å²) in [5, 5.41) is 0. The van der Waals surface area contributed by atoms with Crippen LogP contribution in [-0.4, -0.2) is 44.2 Å². The van der Waals surface area contributed by atoms with Crippen LogP contribution in [0.1, 0.15) is 0 Å². The topological polar surface area (TPSA) is 32.7 Å². The summed E-state index contributed by atoms with van der Waals surface area (Å²) in [5.74, 6) is -0.0694. The number of nitrogens with zero attached hydrogens (tertiary/aromatic N) is 2. The minimum atomic E-state index is -0.595. The predicted molar refractivity (Wildman–Crippen MR) is 79.1 cm³/mol. The minimum absolute atomic E-state index is 0.00329. The summed E-state index contributed by atoms with van der Waals surface area (Å²) in [4.78, 5) is 17.7. The highest BCUT2D eigenvalue weighted by atomic mass is 79.9. The van der Waals surface area contributed by atoms with E-state index in [9.17, 15) is 4.79 Å². The summed E-state index contributed by atoms with van der Waals surface area (Å²) in [6, 6.07) is 0. The molecule has 4 atom stereocenters. The van der Waals surface area contributed by atoms with Crippen LogP contribution >= 0.6 is 63.7 Å². The maximum atomic E-state index is 11.6. The molecule has 1 spiro atoms. The number of rotatable bonds is 0. The van der Waals surface area contributed by atoms with Crippen molar-refractivity contribution in [2.75, 3.05) is 7.05 Å². The van der Waals surface area contributed by atoms with E-state index in [2.05, 4.69) is 68.7 Å². The Labute approximate surface area is 127 Å². The Hall–Kier alpha value is 0.800. The molecular formula is C9H8Br4N2O. The first-order valence-electron chi connectivity index (χ1n) is 4.53. The van der Waals surface area contributed by atoms with Gasteiger partial charge in [0.1, 0.15) is 0 Å². The van der Waals surface area contributed by atoms with E-state index in [-0.39, 0.29) is 20.4 Å². The van der Waals surface area contributed by atoms with Crippen LogP contribution in [0.4, 0.5) is 0 Å². The molecule has 0 aromatic heterocycles. The molecule has 0 bridgehead atoms. The second-order valence-corrected chi connectivity index (χ2v) is 7.57. The van der Waals surface area contributed by atoms with Gasteiger partial charge in [-0.15, -0.1) is 0 Å². The van der Waals surface area contributed by atoms with E-state index >= 15 is 0 Å². The van der Waals surface area contributed by atoms with Crippen molar-refractivity contribution in [3.05, 3.63) is 10.6 Å². The van der Waals surface area contributed by atoms with Crippen molar-refractivity contribution in [3.8, 4) is 0 Å². The number of amides is 1. The van der Waals surface area contributed by atoms with Crippen LogP contribution in [0.25, 0.3) is 0 Å². The number of aliphatic imine (C=N–C) groups is 1. The van der Waals surface area contributed by atoms with E-state index in [4.69, 9.17) is 0 Å². The van der Waals surface area contributed by atoms with Crippen molar-refractivity contribution in [3.63, 3.8) is 0 Å². The fourth-order valence-electron chi connectivity index (χ4n) is 1.88. The van der Waals surface area contributed by atoms with Gasteiger partial charge in [-0.3, -0.25) is 9.79 Å². The Kier molecular flexibility index (Phi) is 3.70. The largest absolute Gasteiger partial charge is 0.314 e. The van der Waals surface area contributed by atoms with Crippen molar-refractivity contribution >= 4 is 75.8 Å². The fourth-order valence-corrected chi connectivity index (χ4v) is 6.01. The lowest BCUT2D eigenvalue weighted by Crippen LogP contribution is -2.60. The van der Waals surface area contributed by atoms with E-state index in [0.29, 0.717) is 0 Å². The monoisotopic (exact) mass is 476 g/mol. The molecule has 2 aliphatic rings. The lowest BCUT2D eigenvalue weighted by atomic mass is 9.93. The van der Waals surface area contributed by atoms with Gasteiger partial charge in [-0.25, -0.2) is 0 Å². The zero-order valence-corrected chi connectivity index (χ0v) is 14.5. The minimum Gasteiger partial charge on any atom is -0.314 e. The average molecular weight is 480 g/mol. The molecule has 0 radical (unpaired) electrons. The molecule has 88 valence electrons. The predicted octanol–water partition coefficient (Wildman–Crippen LogP) is 2.81. The van der Waals surface area contributed by atoms with Crippen molar-refractivity contribution in [2.45, 2.75) is 20.1 Å². The Morgan fingerprint density at radius 3 is 2.56 bits per heavy atom. The second-order valence-electron chi connectivity index (χ2n) is 3.70. The van der Waals surface area contributed by atoms with Crippen LogP contribution in [0.5, 0.6) is 0 Å². The molecule has 0 fully saturated rings. The van der Waals surface area contributed by atoms with Gasteiger partial charge in [0.2, 0.25) is 0 Å². The van der Waals surface area contributed by atoms with Gasteiger partial charge >= 0.3 is 0 Å². The molecule has 0 saturated heterocycles. The van der Waals surface area contributed by atoms with Crippen molar-refractivity contribution in [2.24, 2.45) is 4.99 Å². The molecule has 1 amide bonds. The van der Waals surface area contributed by atoms with Crippen molar-refractivity contribution in [1.82, 2.24) is 4.90 Å². The maximum absolute atomic E-state index is 11.6. The van der Waals surface area contributed by atoms with Crippen LogP contribution in [0.3, 0.4) is 0 Å².